The summed E-state index contributed by atoms with van der Waals surface area (Å²) in [5.74, 6) is -3.19. The van der Waals surface area contributed by atoms with E-state index in [1.807, 2.05) is 0 Å². The smallest absolute Gasteiger partial charge is 0.324 e. The minimum absolute atomic E-state index is 0.0787. The fourth-order valence-corrected chi connectivity index (χ4v) is 4.54. The molecule has 1 unspecified atom stereocenters. The third-order valence-corrected chi connectivity index (χ3v) is 6.15. The third-order valence-electron chi connectivity index (χ3n) is 4.17. The van der Waals surface area contributed by atoms with Crippen molar-refractivity contribution in [2.75, 3.05) is 17.3 Å². The molecule has 1 N–H and O–H groups in total. The van der Waals surface area contributed by atoms with Crippen LogP contribution in [0.5, 0.6) is 0 Å². The van der Waals surface area contributed by atoms with Gasteiger partial charge in [0.15, 0.2) is 0 Å². The molecular formula is C17H12F4N2O4S. The van der Waals surface area contributed by atoms with E-state index in [1.54, 1.807) is 0 Å². The summed E-state index contributed by atoms with van der Waals surface area (Å²) >= 11 is 0. The number of hydrogen-bond donors (Lipinski definition) is 1. The molecule has 2 aromatic rings. The first-order chi connectivity index (χ1) is 12.9. The van der Waals surface area contributed by atoms with Crippen molar-refractivity contribution in [1.82, 2.24) is 0 Å². The molecular weight excluding hydrogens is 404 g/mol. The maximum atomic E-state index is 13.5. The second-order valence-electron chi connectivity index (χ2n) is 6.00. The number of benzene rings is 2. The highest BCUT2D eigenvalue weighted by Crippen LogP contribution is 2.35. The van der Waals surface area contributed by atoms with Crippen molar-refractivity contribution in [3.05, 3.63) is 53.8 Å². The zero-order valence-electron chi connectivity index (χ0n) is 14.1. The summed E-state index contributed by atoms with van der Waals surface area (Å²) < 4.78 is 76.7. The molecule has 1 aliphatic heterocycles. The number of nitrogens with zero attached hydrogens (tertiary/aromatic N) is 1. The lowest BCUT2D eigenvalue weighted by Crippen LogP contribution is -2.51. The number of nitrogens with one attached hydrogen (secondary N) is 1. The lowest BCUT2D eigenvalue weighted by molar-refractivity contribution is -0.137. The molecule has 0 bridgehead atoms. The summed E-state index contributed by atoms with van der Waals surface area (Å²) in [6.45, 7) is 0. The van der Waals surface area contributed by atoms with Crippen LogP contribution < -0.4 is 10.2 Å². The van der Waals surface area contributed by atoms with E-state index in [2.05, 4.69) is 5.32 Å². The minimum Gasteiger partial charge on any atom is -0.324 e. The van der Waals surface area contributed by atoms with Gasteiger partial charge >= 0.3 is 6.18 Å². The lowest BCUT2D eigenvalue weighted by Gasteiger charge is -2.30. The molecule has 11 heteroatoms. The van der Waals surface area contributed by atoms with Gasteiger partial charge in [-0.1, -0.05) is 0 Å². The van der Waals surface area contributed by atoms with Gasteiger partial charge in [-0.3, -0.25) is 9.59 Å². The van der Waals surface area contributed by atoms with Crippen molar-refractivity contribution in [2.45, 2.75) is 16.3 Å². The largest absolute Gasteiger partial charge is 0.416 e. The zero-order valence-corrected chi connectivity index (χ0v) is 14.9. The van der Waals surface area contributed by atoms with Gasteiger partial charge in [-0.15, -0.1) is 0 Å². The SMILES string of the molecule is CN1C(=O)C(C(=O)Nc2ccc(C(F)(F)F)cc2)S(=O)(=O)c2cc(F)ccc21. The number of sulfone groups is 1. The van der Waals surface area contributed by atoms with Crippen LogP contribution in [0.15, 0.2) is 47.4 Å². The second kappa shape index (κ2) is 6.59. The number of carbonyl (C=O) groups is 2. The summed E-state index contributed by atoms with van der Waals surface area (Å²) in [6.07, 6.45) is -4.58. The van der Waals surface area contributed by atoms with Crippen molar-refractivity contribution in [2.24, 2.45) is 0 Å². The summed E-state index contributed by atoms with van der Waals surface area (Å²) in [7, 11) is -3.33. The molecule has 2 amide bonds. The Labute approximate surface area is 156 Å². The molecule has 0 radical (unpaired) electrons. The van der Waals surface area contributed by atoms with Gasteiger partial charge in [0.1, 0.15) is 5.82 Å². The quantitative estimate of drug-likeness (QED) is 0.603. The van der Waals surface area contributed by atoms with E-state index in [4.69, 9.17) is 0 Å². The van der Waals surface area contributed by atoms with Crippen LogP contribution in [0.4, 0.5) is 28.9 Å². The van der Waals surface area contributed by atoms with Crippen LogP contribution in [0, 0.1) is 5.82 Å². The normalized spacial score (nSPS) is 18.5. The number of amides is 2. The van der Waals surface area contributed by atoms with Crippen LogP contribution in [-0.4, -0.2) is 32.5 Å². The Kier molecular flexibility index (Phi) is 4.66. The Morgan fingerprint density at radius 1 is 1.11 bits per heavy atom. The van der Waals surface area contributed by atoms with Crippen LogP contribution >= 0.6 is 0 Å². The van der Waals surface area contributed by atoms with E-state index in [0.29, 0.717) is 18.2 Å². The minimum atomic E-state index is -4.58. The number of alkyl halides is 3. The Morgan fingerprint density at radius 2 is 1.71 bits per heavy atom. The molecule has 0 saturated carbocycles. The van der Waals surface area contributed by atoms with Gasteiger partial charge in [-0.2, -0.15) is 13.2 Å². The topological polar surface area (TPSA) is 83.6 Å². The molecule has 0 spiro atoms. The van der Waals surface area contributed by atoms with Gasteiger partial charge in [0.2, 0.25) is 15.1 Å². The van der Waals surface area contributed by atoms with Gasteiger partial charge in [0, 0.05) is 12.7 Å². The summed E-state index contributed by atoms with van der Waals surface area (Å²) in [5, 5.41) is -0.0843. The number of halogens is 4. The first kappa shape index (κ1) is 19.8. The fraction of sp³-hybridized carbons (Fsp3) is 0.176. The number of fused-ring (bicyclic) bond motifs is 1. The van der Waals surface area contributed by atoms with Gasteiger partial charge in [-0.05, 0) is 42.5 Å². The third kappa shape index (κ3) is 3.33. The fourth-order valence-electron chi connectivity index (χ4n) is 2.75. The average Bonchev–Trinajstić information content (AvgIpc) is 2.59. The predicted octanol–water partition coefficient (Wildman–Crippen LogP) is 2.60. The molecule has 2 aromatic carbocycles. The number of anilines is 2. The van der Waals surface area contributed by atoms with Crippen LogP contribution in [0.25, 0.3) is 0 Å². The van der Waals surface area contributed by atoms with E-state index in [-0.39, 0.29) is 11.4 Å². The highest BCUT2D eigenvalue weighted by atomic mass is 32.2. The molecule has 1 aliphatic rings. The predicted molar refractivity (Wildman–Crippen MR) is 90.9 cm³/mol. The first-order valence-corrected chi connectivity index (χ1v) is 9.26. The Bertz CT molecular complexity index is 1070. The molecule has 1 atom stereocenters. The van der Waals surface area contributed by atoms with Gasteiger partial charge < -0.3 is 10.2 Å². The molecule has 28 heavy (non-hydrogen) atoms. The molecule has 3 rings (SSSR count). The van der Waals surface area contributed by atoms with Gasteiger partial charge in [0.25, 0.3) is 11.8 Å². The Balaban J connectivity index is 1.94. The van der Waals surface area contributed by atoms with Crippen LogP contribution in [0.1, 0.15) is 5.56 Å². The van der Waals surface area contributed by atoms with Crippen LogP contribution in [0.2, 0.25) is 0 Å². The van der Waals surface area contributed by atoms with Crippen molar-refractivity contribution in [1.29, 1.82) is 0 Å². The van der Waals surface area contributed by atoms with Crippen molar-refractivity contribution >= 4 is 33.0 Å². The standard InChI is InChI=1S/C17H12F4N2O4S/c1-23-12-7-4-10(18)8-13(12)28(26,27)14(16(23)25)15(24)22-11-5-2-9(3-6-11)17(19,20)21/h2-8,14H,1H3,(H,22,24). The maximum absolute atomic E-state index is 13.5. The maximum Gasteiger partial charge on any atom is 0.416 e. The van der Waals surface area contributed by atoms with E-state index in [9.17, 15) is 35.6 Å². The number of hydrogen-bond acceptors (Lipinski definition) is 4. The monoisotopic (exact) mass is 416 g/mol. The van der Waals surface area contributed by atoms with E-state index in [1.165, 1.54) is 7.05 Å². The highest BCUT2D eigenvalue weighted by Gasteiger charge is 2.48. The van der Waals surface area contributed by atoms with Crippen LogP contribution in [-0.2, 0) is 25.6 Å². The van der Waals surface area contributed by atoms with Crippen molar-refractivity contribution in [3.8, 4) is 0 Å². The summed E-state index contributed by atoms with van der Waals surface area (Å²) in [4.78, 5) is 25.3. The molecule has 0 fully saturated rings. The Morgan fingerprint density at radius 3 is 2.29 bits per heavy atom. The van der Waals surface area contributed by atoms with Gasteiger partial charge in [0.05, 0.1) is 16.1 Å². The summed E-state index contributed by atoms with van der Waals surface area (Å²) in [5.41, 5.74) is -1.17. The first-order valence-electron chi connectivity index (χ1n) is 7.72. The number of carbonyl (C=O) groups excluding carboxylic acids is 2. The average molecular weight is 416 g/mol. The van der Waals surface area contributed by atoms with Crippen molar-refractivity contribution in [3.63, 3.8) is 0 Å². The Hall–Kier alpha value is -2.95. The highest BCUT2D eigenvalue weighted by molar-refractivity contribution is 7.94. The second-order valence-corrected chi connectivity index (χ2v) is 8.00. The van der Waals surface area contributed by atoms with E-state index in [0.717, 1.165) is 29.2 Å². The van der Waals surface area contributed by atoms with E-state index < -0.39 is 49.4 Å². The molecule has 1 heterocycles. The molecule has 148 valence electrons. The molecule has 0 saturated heterocycles. The molecule has 0 aliphatic carbocycles. The van der Waals surface area contributed by atoms with Crippen molar-refractivity contribution < 1.29 is 35.6 Å². The summed E-state index contributed by atoms with van der Waals surface area (Å²) in [6, 6.07) is 6.03. The molecule has 6 nitrogen and oxygen atoms in total. The zero-order chi connectivity index (χ0) is 20.9. The van der Waals surface area contributed by atoms with E-state index >= 15 is 0 Å². The number of rotatable bonds is 2. The molecule has 0 aromatic heterocycles. The lowest BCUT2D eigenvalue weighted by atomic mass is 10.2. The van der Waals surface area contributed by atoms with Crippen LogP contribution in [0.3, 0.4) is 0 Å². The van der Waals surface area contributed by atoms with Gasteiger partial charge in [-0.25, -0.2) is 12.8 Å².